The summed E-state index contributed by atoms with van der Waals surface area (Å²) >= 11 is 0. The van der Waals surface area contributed by atoms with Crippen LogP contribution >= 0.6 is 0 Å². The van der Waals surface area contributed by atoms with Crippen molar-refractivity contribution in [3.8, 4) is 0 Å². The van der Waals surface area contributed by atoms with Crippen LogP contribution in [0.4, 0.5) is 0 Å². The van der Waals surface area contributed by atoms with Crippen molar-refractivity contribution in [3.63, 3.8) is 0 Å². The lowest BCUT2D eigenvalue weighted by molar-refractivity contribution is -0.237. The van der Waals surface area contributed by atoms with Gasteiger partial charge in [-0.15, -0.1) is 0 Å². The maximum Gasteiger partial charge on any atom is 0.236 e. The Bertz CT molecular complexity index is 900. The second-order valence-electron chi connectivity index (χ2n) is 10.3. The molecule has 9 atom stereocenters. The van der Waals surface area contributed by atoms with Crippen LogP contribution in [0.25, 0.3) is 0 Å². The predicted octanol–water partition coefficient (Wildman–Crippen LogP) is 2.68. The van der Waals surface area contributed by atoms with E-state index in [9.17, 15) is 24.9 Å². The van der Waals surface area contributed by atoms with Gasteiger partial charge in [0.05, 0.1) is 18.3 Å². The first-order valence-corrected chi connectivity index (χ1v) is 11.4. The Morgan fingerprint density at radius 2 is 1.94 bits per heavy atom. The van der Waals surface area contributed by atoms with Gasteiger partial charge in [-0.25, -0.2) is 0 Å². The molecule has 170 valence electrons. The van der Waals surface area contributed by atoms with Crippen molar-refractivity contribution in [2.24, 2.45) is 35.5 Å². The summed E-state index contributed by atoms with van der Waals surface area (Å²) in [5, 5.41) is 34.0. The van der Waals surface area contributed by atoms with E-state index in [4.69, 9.17) is 4.74 Å². The fraction of sp³-hybridized carbons (Fsp3) is 0.680. The molecule has 1 aliphatic heterocycles. The molecule has 4 aliphatic rings. The van der Waals surface area contributed by atoms with Gasteiger partial charge in [0.15, 0.2) is 17.2 Å². The third-order valence-electron chi connectivity index (χ3n) is 8.35. The number of Topliss-reactive ketones (excluding diaryl/α,β-unsaturated/α-hetero) is 2. The maximum atomic E-state index is 13.9. The summed E-state index contributed by atoms with van der Waals surface area (Å²) in [6.45, 7) is 9.14. The van der Waals surface area contributed by atoms with Gasteiger partial charge >= 0.3 is 0 Å². The molecule has 4 rings (SSSR count). The molecular formula is C25H34O6. The standard InChI is InChI=1S/C25H34O6/c1-12-8-20-24(29,23(28)15(4)9-18-19(26)10-14(3)22(18)27)21-13(2)6-7-17(21)16(5)25(20,30)31-11-12/h8,10-11,13,15-19,21,26,29-30H,6-7,9H2,1-5H3/t13-,15-,16-,17-,18+,19-,21+,24-,25-/m1/s1. The van der Waals surface area contributed by atoms with Gasteiger partial charge in [0.25, 0.3) is 0 Å². The number of carbonyl (C=O) groups is 2. The van der Waals surface area contributed by atoms with Crippen LogP contribution in [0, 0.1) is 35.5 Å². The summed E-state index contributed by atoms with van der Waals surface area (Å²) in [5.74, 6) is -4.22. The largest absolute Gasteiger partial charge is 0.465 e. The Kier molecular flexibility index (Phi) is 5.35. The van der Waals surface area contributed by atoms with E-state index < -0.39 is 35.1 Å². The average molecular weight is 431 g/mol. The Balaban J connectivity index is 1.73. The summed E-state index contributed by atoms with van der Waals surface area (Å²) in [7, 11) is 0. The molecule has 0 unspecified atom stereocenters. The quantitative estimate of drug-likeness (QED) is 0.634. The maximum absolute atomic E-state index is 13.9. The number of ketones is 2. The molecule has 2 saturated carbocycles. The lowest BCUT2D eigenvalue weighted by Crippen LogP contribution is -2.66. The van der Waals surface area contributed by atoms with E-state index in [0.717, 1.165) is 18.4 Å². The van der Waals surface area contributed by atoms with Crippen molar-refractivity contribution in [1.29, 1.82) is 0 Å². The highest BCUT2D eigenvalue weighted by Gasteiger charge is 2.68. The first kappa shape index (κ1) is 22.4. The molecule has 3 N–H and O–H groups in total. The number of ether oxygens (including phenoxy) is 1. The normalized spacial score (nSPS) is 45.2. The zero-order valence-electron chi connectivity index (χ0n) is 19.0. The highest BCUT2D eigenvalue weighted by Crippen LogP contribution is 2.60. The SMILES string of the molecule is CC1=CO[C@@]2(O)C(=C1)[C@](O)(C(=O)[C@H](C)C[C@@H]1C(=O)C(C)=C[C@H]1O)[C@@H]1[C@H](CC[C@H]1C)[C@H]2C. The van der Waals surface area contributed by atoms with Crippen molar-refractivity contribution < 1.29 is 29.6 Å². The Morgan fingerprint density at radius 3 is 2.55 bits per heavy atom. The van der Waals surface area contributed by atoms with Gasteiger partial charge in [0.2, 0.25) is 5.79 Å². The van der Waals surface area contributed by atoms with E-state index in [1.807, 2.05) is 6.92 Å². The lowest BCUT2D eigenvalue weighted by atomic mass is 9.55. The van der Waals surface area contributed by atoms with Crippen molar-refractivity contribution >= 4 is 11.6 Å². The van der Waals surface area contributed by atoms with Gasteiger partial charge < -0.3 is 20.1 Å². The number of aliphatic hydroxyl groups is 3. The van der Waals surface area contributed by atoms with Crippen LogP contribution < -0.4 is 0 Å². The predicted molar refractivity (Wildman–Crippen MR) is 114 cm³/mol. The number of fused-ring (bicyclic) bond motifs is 2. The van der Waals surface area contributed by atoms with Crippen molar-refractivity contribution in [2.45, 2.75) is 71.4 Å². The summed E-state index contributed by atoms with van der Waals surface area (Å²) in [6.07, 6.45) is 5.60. The molecule has 0 aromatic rings. The number of aliphatic hydroxyl groups excluding tert-OH is 1. The zero-order valence-corrected chi connectivity index (χ0v) is 19.0. The van der Waals surface area contributed by atoms with E-state index >= 15 is 0 Å². The zero-order chi connectivity index (χ0) is 22.9. The van der Waals surface area contributed by atoms with E-state index in [0.29, 0.717) is 5.57 Å². The summed E-state index contributed by atoms with van der Waals surface area (Å²) < 4.78 is 5.75. The van der Waals surface area contributed by atoms with Crippen molar-refractivity contribution in [1.82, 2.24) is 0 Å². The minimum Gasteiger partial charge on any atom is -0.465 e. The Morgan fingerprint density at radius 1 is 1.26 bits per heavy atom. The second-order valence-corrected chi connectivity index (χ2v) is 10.3. The molecule has 6 nitrogen and oxygen atoms in total. The molecule has 3 aliphatic carbocycles. The molecule has 0 amide bonds. The van der Waals surface area contributed by atoms with E-state index in [1.165, 1.54) is 12.3 Å². The first-order valence-electron chi connectivity index (χ1n) is 11.4. The van der Waals surface area contributed by atoms with Crippen molar-refractivity contribution in [3.05, 3.63) is 35.1 Å². The van der Waals surface area contributed by atoms with Gasteiger partial charge in [0.1, 0.15) is 0 Å². The van der Waals surface area contributed by atoms with Gasteiger partial charge in [0, 0.05) is 23.3 Å². The van der Waals surface area contributed by atoms with Crippen LogP contribution in [-0.4, -0.2) is 44.4 Å². The lowest BCUT2D eigenvalue weighted by Gasteiger charge is -2.55. The highest BCUT2D eigenvalue weighted by molar-refractivity contribution is 6.00. The van der Waals surface area contributed by atoms with Crippen LogP contribution in [0.2, 0.25) is 0 Å². The third-order valence-corrected chi connectivity index (χ3v) is 8.35. The first-order chi connectivity index (χ1) is 14.4. The molecule has 0 bridgehead atoms. The molecule has 6 heteroatoms. The smallest absolute Gasteiger partial charge is 0.236 e. The summed E-state index contributed by atoms with van der Waals surface area (Å²) in [5.41, 5.74) is -0.445. The molecular weight excluding hydrogens is 396 g/mol. The van der Waals surface area contributed by atoms with Crippen LogP contribution in [0.15, 0.2) is 35.1 Å². The van der Waals surface area contributed by atoms with Crippen LogP contribution in [0.5, 0.6) is 0 Å². The molecule has 31 heavy (non-hydrogen) atoms. The molecule has 0 aromatic carbocycles. The number of rotatable bonds is 4. The van der Waals surface area contributed by atoms with Crippen LogP contribution in [0.1, 0.15) is 53.9 Å². The topological polar surface area (TPSA) is 104 Å². The van der Waals surface area contributed by atoms with E-state index in [1.54, 1.807) is 26.8 Å². The van der Waals surface area contributed by atoms with Gasteiger partial charge in [-0.1, -0.05) is 27.2 Å². The number of hydrogen-bond acceptors (Lipinski definition) is 6. The number of carbonyl (C=O) groups excluding carboxylic acids is 2. The van der Waals surface area contributed by atoms with Gasteiger partial charge in [-0.3, -0.25) is 9.59 Å². The summed E-state index contributed by atoms with van der Waals surface area (Å²) in [4.78, 5) is 26.4. The molecule has 2 fully saturated rings. The minimum atomic E-state index is -1.88. The van der Waals surface area contributed by atoms with E-state index in [-0.39, 0.29) is 41.4 Å². The highest BCUT2D eigenvalue weighted by atomic mass is 16.6. The molecule has 0 spiro atoms. The van der Waals surface area contributed by atoms with Gasteiger partial charge in [-0.2, -0.15) is 0 Å². The Labute approximate surface area is 183 Å². The Hall–Kier alpha value is -1.76. The monoisotopic (exact) mass is 430 g/mol. The van der Waals surface area contributed by atoms with Crippen LogP contribution in [-0.2, 0) is 14.3 Å². The fourth-order valence-electron chi connectivity index (χ4n) is 6.64. The third kappa shape index (κ3) is 3.10. The number of hydrogen-bond donors (Lipinski definition) is 3. The second kappa shape index (κ2) is 7.39. The minimum absolute atomic E-state index is 0.0623. The number of allylic oxidation sites excluding steroid dienone is 3. The molecule has 0 radical (unpaired) electrons. The molecule has 0 aromatic heterocycles. The van der Waals surface area contributed by atoms with Crippen molar-refractivity contribution in [2.75, 3.05) is 0 Å². The molecule has 1 heterocycles. The molecule has 0 saturated heterocycles. The van der Waals surface area contributed by atoms with E-state index in [2.05, 4.69) is 6.92 Å². The van der Waals surface area contributed by atoms with Crippen LogP contribution in [0.3, 0.4) is 0 Å². The summed E-state index contributed by atoms with van der Waals surface area (Å²) in [6, 6.07) is 0. The van der Waals surface area contributed by atoms with Gasteiger partial charge in [-0.05, 0) is 61.8 Å². The average Bonchev–Trinajstić information content (AvgIpc) is 3.22. The fourth-order valence-corrected chi connectivity index (χ4v) is 6.64.